The van der Waals surface area contributed by atoms with Crippen LogP contribution in [0.3, 0.4) is 0 Å². The number of nitrogens with zero attached hydrogens (tertiary/aromatic N) is 1. The molecule has 0 spiro atoms. The quantitative estimate of drug-likeness (QED) is 0.521. The van der Waals surface area contributed by atoms with Crippen molar-refractivity contribution in [2.45, 2.75) is 91.2 Å². The lowest BCUT2D eigenvalue weighted by Crippen LogP contribution is -2.68. The summed E-state index contributed by atoms with van der Waals surface area (Å²) in [6, 6.07) is 2.36. The van der Waals surface area contributed by atoms with E-state index in [1.165, 1.54) is 12.8 Å². The fourth-order valence-corrected chi connectivity index (χ4v) is 4.79. The number of amides is 1. The second-order valence-corrected chi connectivity index (χ2v) is 9.28. The van der Waals surface area contributed by atoms with Gasteiger partial charge in [0.1, 0.15) is 5.60 Å². The molecule has 3 atom stereocenters. The van der Waals surface area contributed by atoms with Crippen molar-refractivity contribution in [3.8, 4) is 6.07 Å². The molecule has 3 fully saturated rings. The number of nitrogens with one attached hydrogen (secondary N) is 1. The van der Waals surface area contributed by atoms with Gasteiger partial charge in [0.2, 0.25) is 0 Å². The highest BCUT2D eigenvalue weighted by molar-refractivity contribution is 5.68. The number of hydrogen-bond acceptors (Lipinski definition) is 3. The molecule has 0 heterocycles. The van der Waals surface area contributed by atoms with Crippen LogP contribution in [0.15, 0.2) is 12.2 Å². The van der Waals surface area contributed by atoms with Crippen molar-refractivity contribution in [2.24, 2.45) is 16.7 Å². The van der Waals surface area contributed by atoms with E-state index in [4.69, 9.17) is 10.00 Å². The summed E-state index contributed by atoms with van der Waals surface area (Å²) >= 11 is 0. The Morgan fingerprint density at radius 2 is 2.04 bits per heavy atom. The van der Waals surface area contributed by atoms with Crippen molar-refractivity contribution < 1.29 is 9.53 Å². The van der Waals surface area contributed by atoms with Crippen LogP contribution in [0, 0.1) is 28.1 Å². The van der Waals surface area contributed by atoms with Gasteiger partial charge in [0.15, 0.2) is 0 Å². The van der Waals surface area contributed by atoms with E-state index in [1.54, 1.807) is 0 Å². The maximum absolute atomic E-state index is 12.3. The van der Waals surface area contributed by atoms with Gasteiger partial charge in [-0.25, -0.2) is 4.79 Å². The summed E-state index contributed by atoms with van der Waals surface area (Å²) in [5.41, 5.74) is -0.106. The number of unbranched alkanes of at least 4 members (excludes halogenated alkanes) is 2. The summed E-state index contributed by atoms with van der Waals surface area (Å²) < 4.78 is 5.49. The first-order valence-electron chi connectivity index (χ1n) is 9.64. The Hall–Kier alpha value is -1.50. The molecule has 1 amide bonds. The van der Waals surface area contributed by atoms with E-state index in [2.05, 4.69) is 37.4 Å². The smallest absolute Gasteiger partial charge is 0.407 e. The van der Waals surface area contributed by atoms with E-state index in [-0.39, 0.29) is 23.0 Å². The van der Waals surface area contributed by atoms with E-state index >= 15 is 0 Å². The first-order chi connectivity index (χ1) is 11.6. The summed E-state index contributed by atoms with van der Waals surface area (Å²) in [6.07, 6.45) is 11.1. The van der Waals surface area contributed by atoms with Crippen molar-refractivity contribution in [3.63, 3.8) is 0 Å². The van der Waals surface area contributed by atoms with Gasteiger partial charge in [0, 0.05) is 12.5 Å². The second kappa shape index (κ2) is 7.40. The lowest BCUT2D eigenvalue weighted by molar-refractivity contribution is -0.177. The molecule has 2 bridgehead atoms. The van der Waals surface area contributed by atoms with Gasteiger partial charge in [-0.1, -0.05) is 26.0 Å². The third-order valence-corrected chi connectivity index (χ3v) is 6.38. The average Bonchev–Trinajstić information content (AvgIpc) is 2.49. The molecule has 3 aliphatic carbocycles. The van der Waals surface area contributed by atoms with Crippen LogP contribution in [0.4, 0.5) is 4.79 Å². The summed E-state index contributed by atoms with van der Waals surface area (Å²) in [5, 5.41) is 11.8. The molecule has 4 nitrogen and oxygen atoms in total. The second-order valence-electron chi connectivity index (χ2n) is 9.28. The molecule has 0 radical (unpaired) electrons. The molecule has 3 rings (SSSR count). The van der Waals surface area contributed by atoms with Crippen LogP contribution in [0.25, 0.3) is 0 Å². The number of allylic oxidation sites excluding steroid dienone is 2. The monoisotopic (exact) mass is 346 g/mol. The first kappa shape index (κ1) is 19.8. The number of carbonyl (C=O) groups excluding carboxylic acids is 1. The molecule has 0 aromatic heterocycles. The van der Waals surface area contributed by atoms with Crippen LogP contribution in [0.2, 0.25) is 0 Å². The molecule has 140 valence electrons. The molecule has 3 aliphatic rings. The maximum Gasteiger partial charge on any atom is 0.407 e. The highest BCUT2D eigenvalue weighted by atomic mass is 16.6. The molecule has 1 N–H and O–H groups in total. The Morgan fingerprint density at radius 1 is 1.32 bits per heavy atom. The number of nitriles is 1. The number of hydrogen-bond donors (Lipinski definition) is 1. The number of rotatable bonds is 6. The lowest BCUT2D eigenvalue weighted by atomic mass is 9.37. The predicted octanol–water partition coefficient (Wildman–Crippen LogP) is 5.35. The number of ether oxygens (including phenoxy) is 1. The minimum absolute atomic E-state index is 0.124. The van der Waals surface area contributed by atoms with Gasteiger partial charge in [0.25, 0.3) is 0 Å². The van der Waals surface area contributed by atoms with Crippen molar-refractivity contribution >= 4 is 6.09 Å². The van der Waals surface area contributed by atoms with Gasteiger partial charge in [-0.05, 0) is 76.0 Å². The summed E-state index contributed by atoms with van der Waals surface area (Å²) in [4.78, 5) is 12.3. The molecule has 0 unspecified atom stereocenters. The molecule has 0 aliphatic heterocycles. The van der Waals surface area contributed by atoms with E-state index in [1.807, 2.05) is 20.8 Å². The largest absolute Gasteiger partial charge is 0.444 e. The zero-order valence-corrected chi connectivity index (χ0v) is 16.5. The van der Waals surface area contributed by atoms with E-state index in [9.17, 15) is 4.79 Å². The van der Waals surface area contributed by atoms with Gasteiger partial charge in [-0.3, -0.25) is 0 Å². The van der Waals surface area contributed by atoms with Crippen molar-refractivity contribution in [1.29, 1.82) is 5.26 Å². The molecule has 3 saturated carbocycles. The van der Waals surface area contributed by atoms with E-state index in [0.29, 0.717) is 6.42 Å². The first-order valence-corrected chi connectivity index (χ1v) is 9.64. The third-order valence-electron chi connectivity index (χ3n) is 6.38. The lowest BCUT2D eigenvalue weighted by Gasteiger charge is -2.69. The van der Waals surface area contributed by atoms with Gasteiger partial charge in [0.05, 0.1) is 6.07 Å². The van der Waals surface area contributed by atoms with Crippen LogP contribution in [0.1, 0.15) is 79.6 Å². The summed E-state index contributed by atoms with van der Waals surface area (Å²) in [5.74, 6) is 0.760. The fraction of sp³-hybridized carbons (Fsp3) is 0.810. The molecule has 0 aromatic carbocycles. The summed E-state index contributed by atoms with van der Waals surface area (Å²) in [7, 11) is 0. The molecular weight excluding hydrogens is 312 g/mol. The summed E-state index contributed by atoms with van der Waals surface area (Å²) in [6.45, 7) is 10.4. The van der Waals surface area contributed by atoms with Crippen molar-refractivity contribution in [3.05, 3.63) is 12.2 Å². The van der Waals surface area contributed by atoms with Crippen molar-refractivity contribution in [2.75, 3.05) is 0 Å². The van der Waals surface area contributed by atoms with Crippen LogP contribution in [0.5, 0.6) is 0 Å². The minimum atomic E-state index is -0.468. The maximum atomic E-state index is 12.3. The van der Waals surface area contributed by atoms with Gasteiger partial charge in [-0.2, -0.15) is 5.26 Å². The third kappa shape index (κ3) is 4.19. The van der Waals surface area contributed by atoms with Crippen LogP contribution in [-0.4, -0.2) is 17.7 Å². The van der Waals surface area contributed by atoms with E-state index in [0.717, 1.165) is 31.6 Å². The van der Waals surface area contributed by atoms with Gasteiger partial charge in [-0.15, -0.1) is 0 Å². The van der Waals surface area contributed by atoms with Gasteiger partial charge >= 0.3 is 6.09 Å². The predicted molar refractivity (Wildman–Crippen MR) is 99.9 cm³/mol. The molecule has 25 heavy (non-hydrogen) atoms. The van der Waals surface area contributed by atoms with Crippen molar-refractivity contribution in [1.82, 2.24) is 5.32 Å². The minimum Gasteiger partial charge on any atom is -0.444 e. The van der Waals surface area contributed by atoms with Crippen LogP contribution >= 0.6 is 0 Å². The van der Waals surface area contributed by atoms with Crippen LogP contribution in [-0.2, 0) is 4.74 Å². The highest BCUT2D eigenvalue weighted by Crippen LogP contribution is 2.69. The Labute approximate surface area is 153 Å². The Morgan fingerprint density at radius 3 is 2.64 bits per heavy atom. The molecule has 0 aromatic rings. The zero-order valence-electron chi connectivity index (χ0n) is 16.5. The topological polar surface area (TPSA) is 62.1 Å². The zero-order chi connectivity index (χ0) is 18.7. The molecular formula is C21H34N2O2. The number of carbonyl (C=O) groups is 1. The highest BCUT2D eigenvalue weighted by Gasteiger charge is 2.65. The average molecular weight is 347 g/mol. The molecule has 4 heteroatoms. The number of alkyl carbamates (subject to hydrolysis) is 1. The van der Waals surface area contributed by atoms with Crippen LogP contribution < -0.4 is 5.32 Å². The van der Waals surface area contributed by atoms with Gasteiger partial charge < -0.3 is 10.1 Å². The Balaban J connectivity index is 2.02. The normalized spacial score (nSPS) is 30.4. The standard InChI is InChI=1S/C21H34N2O2/c1-19(2,3)25-18(24)23-17-12-11-16-15-21(17,20(16,4)5)13-9-7-6-8-10-14-22/h7,9,16-17H,6,8,10-13,15H2,1-5H3,(H,23,24)/t16-,17+,21-/m0/s1. The SMILES string of the molecule is CC(C)(C)OC(=O)N[C@@H]1CC[C@H]2C[C@]1(CC=CCCCC#N)C2(C)C. The number of fused-ring (bicyclic) bond motifs is 2. The Bertz CT molecular complexity index is 553. The fourth-order valence-electron chi connectivity index (χ4n) is 4.79. The van der Waals surface area contributed by atoms with E-state index < -0.39 is 5.60 Å². The molecule has 0 saturated heterocycles. The Kier molecular flexibility index (Phi) is 5.86.